The minimum atomic E-state index is -1.80. The van der Waals surface area contributed by atoms with E-state index in [2.05, 4.69) is 10.3 Å². The molecule has 0 radical (unpaired) electrons. The molecule has 0 aliphatic heterocycles. The average molecular weight is 336 g/mol. The smallest absolute Gasteiger partial charge is 0.217 e. The number of nitrogens with one attached hydrogen (secondary N) is 2. The van der Waals surface area contributed by atoms with E-state index in [1.165, 1.54) is 6.20 Å². The van der Waals surface area contributed by atoms with E-state index in [9.17, 15) is 24.9 Å². The summed E-state index contributed by atoms with van der Waals surface area (Å²) >= 11 is 0. The molecule has 1 heterocycles. The van der Waals surface area contributed by atoms with Crippen molar-refractivity contribution >= 4 is 22.6 Å². The lowest BCUT2D eigenvalue weighted by Gasteiger charge is -2.28. The van der Waals surface area contributed by atoms with E-state index in [-0.39, 0.29) is 5.56 Å². The summed E-state index contributed by atoms with van der Waals surface area (Å²) in [6.45, 7) is 0.364. The standard InChI is InChI=1S/C16H20N2O6/c1-8(20)18-13(16(24)15(23)12(21)7-19)14(22)10-6-17-11-5-3-2-4-9(10)11/h2-6,12-13,15-17,19,21,23-24H,7H2,1H3,(H,18,20)/t12-,13+,15-,16-/m1/s1. The largest absolute Gasteiger partial charge is 0.394 e. The summed E-state index contributed by atoms with van der Waals surface area (Å²) in [6, 6.07) is 5.52. The molecule has 0 saturated carbocycles. The van der Waals surface area contributed by atoms with Gasteiger partial charge in [-0.25, -0.2) is 0 Å². The van der Waals surface area contributed by atoms with Crippen LogP contribution in [0.3, 0.4) is 0 Å². The van der Waals surface area contributed by atoms with Crippen molar-refractivity contribution in [1.29, 1.82) is 0 Å². The Kier molecular flexibility index (Phi) is 5.68. The number of ketones is 1. The van der Waals surface area contributed by atoms with Crippen LogP contribution in [0.4, 0.5) is 0 Å². The van der Waals surface area contributed by atoms with Gasteiger partial charge in [0.2, 0.25) is 5.91 Å². The van der Waals surface area contributed by atoms with Crippen LogP contribution >= 0.6 is 0 Å². The Morgan fingerprint density at radius 3 is 2.46 bits per heavy atom. The Morgan fingerprint density at radius 1 is 1.17 bits per heavy atom. The number of carbonyl (C=O) groups excluding carboxylic acids is 2. The molecule has 0 bridgehead atoms. The Balaban J connectivity index is 2.36. The highest BCUT2D eigenvalue weighted by molar-refractivity contribution is 6.11. The number of carbonyl (C=O) groups is 2. The zero-order valence-electron chi connectivity index (χ0n) is 13.0. The number of fused-ring (bicyclic) bond motifs is 1. The van der Waals surface area contributed by atoms with Crippen LogP contribution in [0.1, 0.15) is 17.3 Å². The van der Waals surface area contributed by atoms with Crippen molar-refractivity contribution in [2.45, 2.75) is 31.3 Å². The summed E-state index contributed by atoms with van der Waals surface area (Å²) in [5.74, 6) is -1.21. The van der Waals surface area contributed by atoms with E-state index in [0.717, 1.165) is 6.92 Å². The first-order chi connectivity index (χ1) is 11.4. The molecule has 0 saturated heterocycles. The van der Waals surface area contributed by atoms with E-state index in [4.69, 9.17) is 5.11 Å². The summed E-state index contributed by atoms with van der Waals surface area (Å²) < 4.78 is 0. The third-order valence-electron chi connectivity index (χ3n) is 3.77. The van der Waals surface area contributed by atoms with Gasteiger partial charge in [0.15, 0.2) is 5.78 Å². The number of aliphatic hydroxyl groups excluding tert-OH is 4. The van der Waals surface area contributed by atoms with E-state index in [0.29, 0.717) is 10.9 Å². The molecule has 0 aliphatic rings. The number of Topliss-reactive ketones (excluding diaryl/α,β-unsaturated/α-hetero) is 1. The van der Waals surface area contributed by atoms with Crippen LogP contribution in [-0.2, 0) is 4.79 Å². The molecule has 8 nitrogen and oxygen atoms in total. The fraction of sp³-hybridized carbons (Fsp3) is 0.375. The monoisotopic (exact) mass is 336 g/mol. The van der Waals surface area contributed by atoms with Crippen molar-refractivity contribution in [2.24, 2.45) is 0 Å². The van der Waals surface area contributed by atoms with Crippen molar-refractivity contribution in [3.05, 3.63) is 36.0 Å². The minimum absolute atomic E-state index is 0.231. The molecule has 0 spiro atoms. The number of rotatable bonds is 7. The van der Waals surface area contributed by atoms with Gasteiger partial charge in [0.25, 0.3) is 0 Å². The van der Waals surface area contributed by atoms with Gasteiger partial charge in [0.05, 0.1) is 6.61 Å². The van der Waals surface area contributed by atoms with E-state index in [1.807, 2.05) is 0 Å². The number of benzene rings is 1. The molecule has 6 N–H and O–H groups in total. The SMILES string of the molecule is CC(=O)N[C@@H](C(=O)c1c[nH]c2ccccc12)[C@@H](O)[C@H](O)[C@H](O)CO. The van der Waals surface area contributed by atoms with Gasteiger partial charge in [-0.2, -0.15) is 0 Å². The van der Waals surface area contributed by atoms with Crippen LogP contribution < -0.4 is 5.32 Å². The third kappa shape index (κ3) is 3.62. The minimum Gasteiger partial charge on any atom is -0.394 e. The fourth-order valence-corrected chi connectivity index (χ4v) is 2.50. The lowest BCUT2D eigenvalue weighted by Crippen LogP contribution is -2.55. The molecule has 1 aromatic carbocycles. The van der Waals surface area contributed by atoms with Crippen LogP contribution in [0.5, 0.6) is 0 Å². The highest BCUT2D eigenvalue weighted by Gasteiger charge is 2.37. The number of aliphatic hydroxyl groups is 4. The Morgan fingerprint density at radius 2 is 1.83 bits per heavy atom. The van der Waals surface area contributed by atoms with Crippen molar-refractivity contribution in [2.75, 3.05) is 6.61 Å². The normalized spacial score (nSPS) is 16.4. The molecule has 1 aromatic heterocycles. The molecule has 8 heteroatoms. The summed E-state index contributed by atoms with van der Waals surface area (Å²) in [5.41, 5.74) is 0.932. The molecule has 0 unspecified atom stereocenters. The number of H-pyrrole nitrogens is 1. The second kappa shape index (κ2) is 7.54. The van der Waals surface area contributed by atoms with Crippen LogP contribution in [-0.4, -0.2) is 68.1 Å². The molecule has 4 atom stereocenters. The number of aromatic nitrogens is 1. The van der Waals surface area contributed by atoms with Crippen LogP contribution in [0, 0.1) is 0 Å². The van der Waals surface area contributed by atoms with Crippen molar-refractivity contribution < 1.29 is 30.0 Å². The lowest BCUT2D eigenvalue weighted by molar-refractivity contribution is -0.122. The van der Waals surface area contributed by atoms with Gasteiger partial charge in [0, 0.05) is 29.6 Å². The first-order valence-electron chi connectivity index (χ1n) is 7.39. The number of hydrogen-bond donors (Lipinski definition) is 6. The van der Waals surface area contributed by atoms with E-state index < -0.39 is 42.7 Å². The van der Waals surface area contributed by atoms with Gasteiger partial charge < -0.3 is 30.7 Å². The Bertz CT molecular complexity index is 728. The lowest BCUT2D eigenvalue weighted by atomic mass is 9.94. The molecule has 2 rings (SSSR count). The van der Waals surface area contributed by atoms with Crippen LogP contribution in [0.25, 0.3) is 10.9 Å². The van der Waals surface area contributed by atoms with Gasteiger partial charge in [-0.05, 0) is 6.07 Å². The maximum absolute atomic E-state index is 12.8. The fourth-order valence-electron chi connectivity index (χ4n) is 2.50. The highest BCUT2D eigenvalue weighted by atomic mass is 16.4. The molecule has 130 valence electrons. The average Bonchev–Trinajstić information content (AvgIpc) is 3.01. The number of hydrogen-bond acceptors (Lipinski definition) is 6. The maximum atomic E-state index is 12.8. The van der Waals surface area contributed by atoms with Gasteiger partial charge in [-0.1, -0.05) is 18.2 Å². The van der Waals surface area contributed by atoms with Crippen LogP contribution in [0.2, 0.25) is 0 Å². The van der Waals surface area contributed by atoms with Gasteiger partial charge >= 0.3 is 0 Å². The predicted molar refractivity (Wildman–Crippen MR) is 85.3 cm³/mol. The summed E-state index contributed by atoms with van der Waals surface area (Å²) in [6.07, 6.45) is -3.80. The molecule has 2 aromatic rings. The van der Waals surface area contributed by atoms with Gasteiger partial charge in [-0.15, -0.1) is 0 Å². The van der Waals surface area contributed by atoms with Gasteiger partial charge in [0.1, 0.15) is 24.4 Å². The van der Waals surface area contributed by atoms with Crippen molar-refractivity contribution in [3.63, 3.8) is 0 Å². The molecule has 0 aliphatic carbocycles. The summed E-state index contributed by atoms with van der Waals surface area (Å²) in [4.78, 5) is 27.1. The predicted octanol–water partition coefficient (Wildman–Crippen LogP) is -1.07. The first kappa shape index (κ1) is 18.1. The first-order valence-corrected chi connectivity index (χ1v) is 7.39. The zero-order chi connectivity index (χ0) is 17.9. The summed E-state index contributed by atoms with van der Waals surface area (Å²) in [5, 5.41) is 41.3. The maximum Gasteiger partial charge on any atom is 0.217 e. The zero-order valence-corrected chi connectivity index (χ0v) is 13.0. The highest BCUT2D eigenvalue weighted by Crippen LogP contribution is 2.21. The molecule has 0 fully saturated rings. The summed E-state index contributed by atoms with van der Waals surface area (Å²) in [7, 11) is 0. The quantitative estimate of drug-likeness (QED) is 0.355. The Labute approximate surface area is 137 Å². The van der Waals surface area contributed by atoms with Gasteiger partial charge in [-0.3, -0.25) is 9.59 Å². The van der Waals surface area contributed by atoms with E-state index >= 15 is 0 Å². The second-order valence-corrected chi connectivity index (χ2v) is 5.52. The van der Waals surface area contributed by atoms with Crippen molar-refractivity contribution in [3.8, 4) is 0 Å². The third-order valence-corrected chi connectivity index (χ3v) is 3.77. The van der Waals surface area contributed by atoms with Crippen LogP contribution in [0.15, 0.2) is 30.5 Å². The van der Waals surface area contributed by atoms with Crippen molar-refractivity contribution in [1.82, 2.24) is 10.3 Å². The molecular weight excluding hydrogens is 316 g/mol. The molecular formula is C16H20N2O6. The molecule has 1 amide bonds. The number of amides is 1. The Hall–Kier alpha value is -2.26. The number of para-hydroxylation sites is 1. The second-order valence-electron chi connectivity index (χ2n) is 5.52. The topological polar surface area (TPSA) is 143 Å². The van der Waals surface area contributed by atoms with E-state index in [1.54, 1.807) is 24.3 Å². The molecule has 24 heavy (non-hydrogen) atoms. The number of aromatic amines is 1.